The van der Waals surface area contributed by atoms with Crippen LogP contribution in [0.3, 0.4) is 0 Å². The molecule has 0 radical (unpaired) electrons. The third-order valence-corrected chi connectivity index (χ3v) is 5.95. The fourth-order valence-corrected chi connectivity index (χ4v) is 3.89. The Morgan fingerprint density at radius 2 is 1.79 bits per heavy atom. The fourth-order valence-electron chi connectivity index (χ4n) is 2.59. The van der Waals surface area contributed by atoms with Gasteiger partial charge < -0.3 is 5.32 Å². The molecule has 0 unspecified atom stereocenters. The van der Waals surface area contributed by atoms with Crippen molar-refractivity contribution in [1.29, 1.82) is 0 Å². The second-order valence-electron chi connectivity index (χ2n) is 5.99. The first-order chi connectivity index (χ1) is 13.4. The average molecular weight is 460 g/mol. The van der Waals surface area contributed by atoms with Crippen molar-refractivity contribution in [2.24, 2.45) is 0 Å². The summed E-state index contributed by atoms with van der Waals surface area (Å²) in [6.07, 6.45) is 3.52. The minimum Gasteiger partial charge on any atom is -0.322 e. The molecule has 0 aliphatic heterocycles. The van der Waals surface area contributed by atoms with E-state index >= 15 is 0 Å². The number of benzene rings is 2. The van der Waals surface area contributed by atoms with Gasteiger partial charge in [-0.1, -0.05) is 41.1 Å². The molecule has 0 saturated heterocycles. The molecule has 0 bridgehead atoms. The number of anilines is 2. The van der Waals surface area contributed by atoms with E-state index in [0.717, 1.165) is 22.1 Å². The van der Waals surface area contributed by atoms with Gasteiger partial charge in [0.15, 0.2) is 0 Å². The number of aromatic nitrogens is 1. The highest BCUT2D eigenvalue weighted by Crippen LogP contribution is 2.20. The number of aryl methyl sites for hydroxylation is 1. The zero-order chi connectivity index (χ0) is 20.1. The molecule has 8 heteroatoms. The van der Waals surface area contributed by atoms with Crippen LogP contribution in [0.5, 0.6) is 0 Å². The summed E-state index contributed by atoms with van der Waals surface area (Å²) in [5, 5.41) is 2.84. The summed E-state index contributed by atoms with van der Waals surface area (Å²) in [6.45, 7) is 2.00. The smallest absolute Gasteiger partial charge is 0.261 e. The van der Waals surface area contributed by atoms with Gasteiger partial charge in [0.05, 0.1) is 22.3 Å². The minimum atomic E-state index is -3.78. The number of sulfonamides is 1. The van der Waals surface area contributed by atoms with Crippen LogP contribution < -0.4 is 10.0 Å². The number of para-hydroxylation sites is 1. The minimum absolute atomic E-state index is 0.113. The number of halogens is 1. The van der Waals surface area contributed by atoms with Crippen molar-refractivity contribution in [3.05, 3.63) is 82.6 Å². The number of nitrogens with one attached hydrogen (secondary N) is 2. The number of hydrogen-bond acceptors (Lipinski definition) is 4. The highest BCUT2D eigenvalue weighted by Gasteiger charge is 2.16. The van der Waals surface area contributed by atoms with E-state index in [1.54, 1.807) is 12.1 Å². The van der Waals surface area contributed by atoms with Crippen LogP contribution in [0.4, 0.5) is 11.4 Å². The van der Waals surface area contributed by atoms with Crippen molar-refractivity contribution in [3.63, 3.8) is 0 Å². The van der Waals surface area contributed by atoms with Crippen LogP contribution in [0.15, 0.2) is 76.4 Å². The lowest BCUT2D eigenvalue weighted by molar-refractivity contribution is 0.102. The van der Waals surface area contributed by atoms with Crippen molar-refractivity contribution in [2.75, 3.05) is 10.0 Å². The van der Waals surface area contributed by atoms with E-state index < -0.39 is 10.0 Å². The Morgan fingerprint density at radius 1 is 1.07 bits per heavy atom. The van der Waals surface area contributed by atoms with Crippen LogP contribution in [0.1, 0.15) is 22.8 Å². The Bertz CT molecular complexity index is 1100. The SMILES string of the molecule is CCc1ccccc1NC(=O)c1cncc(NS(=O)(=O)c2ccc(Br)cc2)c1. The van der Waals surface area contributed by atoms with E-state index in [0.29, 0.717) is 0 Å². The van der Waals surface area contributed by atoms with E-state index in [4.69, 9.17) is 0 Å². The largest absolute Gasteiger partial charge is 0.322 e. The van der Waals surface area contributed by atoms with E-state index in [9.17, 15) is 13.2 Å². The van der Waals surface area contributed by atoms with Crippen LogP contribution in [0, 0.1) is 0 Å². The molecule has 6 nitrogen and oxygen atoms in total. The van der Waals surface area contributed by atoms with Gasteiger partial charge in [-0.15, -0.1) is 0 Å². The van der Waals surface area contributed by atoms with E-state index in [-0.39, 0.29) is 22.1 Å². The predicted molar refractivity (Wildman–Crippen MR) is 113 cm³/mol. The van der Waals surface area contributed by atoms with Crippen molar-refractivity contribution in [2.45, 2.75) is 18.2 Å². The average Bonchev–Trinajstić information content (AvgIpc) is 2.68. The number of pyridine rings is 1. The van der Waals surface area contributed by atoms with Crippen LogP contribution in [-0.2, 0) is 16.4 Å². The summed E-state index contributed by atoms with van der Waals surface area (Å²) < 4.78 is 28.3. The van der Waals surface area contributed by atoms with Gasteiger partial charge in [-0.05, 0) is 48.4 Å². The second-order valence-corrected chi connectivity index (χ2v) is 8.58. The maximum Gasteiger partial charge on any atom is 0.261 e. The van der Waals surface area contributed by atoms with Crippen LogP contribution in [0.2, 0.25) is 0 Å². The third-order valence-electron chi connectivity index (χ3n) is 4.02. The summed E-state index contributed by atoms with van der Waals surface area (Å²) in [4.78, 5) is 16.7. The zero-order valence-corrected chi connectivity index (χ0v) is 17.4. The number of amides is 1. The second kappa shape index (κ2) is 8.53. The highest BCUT2D eigenvalue weighted by molar-refractivity contribution is 9.10. The van der Waals surface area contributed by atoms with E-state index in [1.807, 2.05) is 31.2 Å². The Labute approximate surface area is 172 Å². The first kappa shape index (κ1) is 20.0. The molecule has 28 heavy (non-hydrogen) atoms. The van der Waals surface area contributed by atoms with Gasteiger partial charge in [-0.25, -0.2) is 8.42 Å². The van der Waals surface area contributed by atoms with E-state index in [1.165, 1.54) is 30.6 Å². The molecule has 3 rings (SSSR count). The Morgan fingerprint density at radius 3 is 2.50 bits per heavy atom. The number of carbonyl (C=O) groups is 1. The van der Waals surface area contributed by atoms with Crippen molar-refractivity contribution < 1.29 is 13.2 Å². The predicted octanol–water partition coefficient (Wildman–Crippen LogP) is 4.46. The topological polar surface area (TPSA) is 88.2 Å². The summed E-state index contributed by atoms with van der Waals surface area (Å²) in [5.41, 5.74) is 2.19. The zero-order valence-electron chi connectivity index (χ0n) is 15.0. The molecule has 0 aliphatic rings. The lowest BCUT2D eigenvalue weighted by Crippen LogP contribution is -2.16. The molecule has 2 aromatic carbocycles. The normalized spacial score (nSPS) is 11.1. The molecule has 2 N–H and O–H groups in total. The third kappa shape index (κ3) is 4.76. The molecule has 144 valence electrons. The molecule has 0 fully saturated rings. The van der Waals surface area contributed by atoms with Gasteiger partial charge in [0.1, 0.15) is 0 Å². The summed E-state index contributed by atoms with van der Waals surface area (Å²) in [5.74, 6) is -0.363. The Hall–Kier alpha value is -2.71. The van der Waals surface area contributed by atoms with Gasteiger partial charge in [0.2, 0.25) is 0 Å². The number of rotatable bonds is 6. The molecule has 0 aliphatic carbocycles. The van der Waals surface area contributed by atoms with Crippen molar-refractivity contribution in [3.8, 4) is 0 Å². The maximum absolute atomic E-state index is 12.6. The molecular formula is C20H18BrN3O3S. The first-order valence-corrected chi connectivity index (χ1v) is 10.8. The van der Waals surface area contributed by atoms with Gasteiger partial charge >= 0.3 is 0 Å². The lowest BCUT2D eigenvalue weighted by atomic mass is 10.1. The molecule has 0 spiro atoms. The molecule has 0 atom stereocenters. The highest BCUT2D eigenvalue weighted by atomic mass is 79.9. The summed E-state index contributed by atoms with van der Waals surface area (Å²) >= 11 is 3.27. The van der Waals surface area contributed by atoms with Crippen LogP contribution >= 0.6 is 15.9 Å². The lowest BCUT2D eigenvalue weighted by Gasteiger charge is -2.11. The molecular weight excluding hydrogens is 442 g/mol. The number of hydrogen-bond donors (Lipinski definition) is 2. The fraction of sp³-hybridized carbons (Fsp3) is 0.100. The van der Waals surface area contributed by atoms with Crippen LogP contribution in [-0.4, -0.2) is 19.3 Å². The van der Waals surface area contributed by atoms with Gasteiger partial charge in [-0.2, -0.15) is 0 Å². The molecule has 1 amide bonds. The van der Waals surface area contributed by atoms with Gasteiger partial charge in [0, 0.05) is 16.4 Å². The number of carbonyl (C=O) groups excluding carboxylic acids is 1. The summed E-state index contributed by atoms with van der Waals surface area (Å²) in [7, 11) is -3.78. The number of nitrogens with zero attached hydrogens (tertiary/aromatic N) is 1. The monoisotopic (exact) mass is 459 g/mol. The molecule has 0 saturated carbocycles. The molecule has 1 heterocycles. The van der Waals surface area contributed by atoms with Crippen molar-refractivity contribution in [1.82, 2.24) is 4.98 Å². The first-order valence-electron chi connectivity index (χ1n) is 8.52. The Kier molecular flexibility index (Phi) is 6.11. The Balaban J connectivity index is 1.80. The quantitative estimate of drug-likeness (QED) is 0.569. The standard InChI is InChI=1S/C20H18BrN3O3S/c1-2-14-5-3-4-6-19(14)23-20(25)15-11-17(13-22-12-15)24-28(26,27)18-9-7-16(21)8-10-18/h3-13,24H,2H2,1H3,(H,23,25). The van der Waals surface area contributed by atoms with Crippen LogP contribution in [0.25, 0.3) is 0 Å². The molecule has 1 aromatic heterocycles. The molecule has 3 aromatic rings. The summed E-state index contributed by atoms with van der Waals surface area (Å²) in [6, 6.07) is 15.2. The van der Waals surface area contributed by atoms with Gasteiger partial charge in [0.25, 0.3) is 15.9 Å². The van der Waals surface area contributed by atoms with Gasteiger partial charge in [-0.3, -0.25) is 14.5 Å². The van der Waals surface area contributed by atoms with Crippen molar-refractivity contribution >= 4 is 43.2 Å². The van der Waals surface area contributed by atoms with E-state index in [2.05, 4.69) is 31.0 Å². The maximum atomic E-state index is 12.6.